The van der Waals surface area contributed by atoms with Crippen molar-refractivity contribution < 1.29 is 1.43 Å². The van der Waals surface area contributed by atoms with Gasteiger partial charge in [-0.05, 0) is 0 Å². The van der Waals surface area contributed by atoms with Gasteiger partial charge in [-0.1, -0.05) is 0 Å². The van der Waals surface area contributed by atoms with Gasteiger partial charge >= 0.3 is 46.7 Å². The van der Waals surface area contributed by atoms with E-state index in [1.165, 1.54) is 17.3 Å². The summed E-state index contributed by atoms with van der Waals surface area (Å²) < 4.78 is 1.43. The van der Waals surface area contributed by atoms with Crippen molar-refractivity contribution in [1.29, 1.82) is 0 Å². The molecule has 0 aliphatic rings. The first-order valence-electron chi connectivity index (χ1n) is 2.06. The van der Waals surface area contributed by atoms with E-state index in [1.807, 2.05) is 0 Å². The van der Waals surface area contributed by atoms with Crippen molar-refractivity contribution in [2.45, 2.75) is 24.2 Å². The Bertz CT molecular complexity index is 15.0. The first-order valence-corrected chi connectivity index (χ1v) is 4.08. The molecule has 0 aromatic heterocycles. The van der Waals surface area contributed by atoms with Crippen molar-refractivity contribution in [2.24, 2.45) is 0 Å². The summed E-state index contributed by atoms with van der Waals surface area (Å²) in [5.74, 6) is 0. The molecule has 0 amide bonds. The van der Waals surface area contributed by atoms with Gasteiger partial charge in [0.15, 0.2) is 0 Å². The largest absolute Gasteiger partial charge is 1.00 e. The Labute approximate surface area is 48.5 Å². The molecule has 5 heavy (non-hydrogen) atoms. The van der Waals surface area contributed by atoms with E-state index in [4.69, 9.17) is 0 Å². The fraction of sp³-hybridized carbons (Fsp3) is 1.00. The summed E-state index contributed by atoms with van der Waals surface area (Å²) in [5, 5.41) is 0. The third-order valence-corrected chi connectivity index (χ3v) is 1.54. The quantitative estimate of drug-likeness (QED) is 0.560. The van der Waals surface area contributed by atoms with E-state index in [1.54, 1.807) is 22.5 Å². The number of rotatable bonds is 2. The average Bonchev–Trinajstić information content (AvgIpc) is 1.41. The Morgan fingerprint density at radius 2 is 2.40 bits per heavy atom. The molecule has 0 heterocycles. The normalized spacial score (nSPS) is 8.40. The van der Waals surface area contributed by atoms with Gasteiger partial charge in [-0.3, -0.25) is 0 Å². The molecule has 0 fully saturated rings. The summed E-state index contributed by atoms with van der Waals surface area (Å²) in [6.07, 6.45) is 2.80. The van der Waals surface area contributed by atoms with Gasteiger partial charge in [-0.25, -0.2) is 0 Å². The molecule has 0 saturated carbocycles. The van der Waals surface area contributed by atoms with Gasteiger partial charge in [-0.15, -0.1) is 0 Å². The van der Waals surface area contributed by atoms with Crippen molar-refractivity contribution in [3.05, 3.63) is 0 Å². The van der Waals surface area contributed by atoms with Crippen LogP contribution in [0.5, 0.6) is 0 Å². The van der Waals surface area contributed by atoms with E-state index in [9.17, 15) is 0 Å². The van der Waals surface area contributed by atoms with Crippen LogP contribution in [0.15, 0.2) is 0 Å². The topological polar surface area (TPSA) is 0 Å². The third kappa shape index (κ3) is 4.80. The zero-order valence-corrected chi connectivity index (χ0v) is 6.48. The minimum Gasteiger partial charge on any atom is -1.00 e. The molecule has 0 aliphatic carbocycles. The molecule has 0 bridgehead atoms. The predicted molar refractivity (Wildman–Crippen MR) is 26.6 cm³/mol. The van der Waals surface area contributed by atoms with E-state index in [0.29, 0.717) is 0 Å². The average molecular weight is 177 g/mol. The minimum atomic E-state index is 0. The fourth-order valence-corrected chi connectivity index (χ4v) is 1.19. The van der Waals surface area contributed by atoms with Crippen LogP contribution < -0.4 is 0 Å². The van der Waals surface area contributed by atoms with E-state index < -0.39 is 0 Å². The smallest absolute Gasteiger partial charge is 1.00 e. The van der Waals surface area contributed by atoms with Crippen LogP contribution in [0.3, 0.4) is 0 Å². The Kier molecular flexibility index (Phi) is 5.57. The van der Waals surface area contributed by atoms with Crippen LogP contribution in [0.2, 0.25) is 4.44 Å². The second-order valence-corrected chi connectivity index (χ2v) is 2.53. The molecule has 0 aromatic rings. The summed E-state index contributed by atoms with van der Waals surface area (Å²) in [5.41, 5.74) is 0. The Hall–Kier alpha value is 0.799. The van der Waals surface area contributed by atoms with Crippen LogP contribution in [0, 0.1) is 0 Å². The zero-order chi connectivity index (χ0) is 4.12. The van der Waals surface area contributed by atoms with E-state index in [2.05, 4.69) is 6.92 Å². The molecule has 0 unspecified atom stereocenters. The minimum absolute atomic E-state index is 0. The second kappa shape index (κ2) is 4.80. The molecule has 0 N–H and O–H groups in total. The van der Waals surface area contributed by atoms with Gasteiger partial charge in [-0.2, -0.15) is 0 Å². The van der Waals surface area contributed by atoms with E-state index in [-0.39, 0.29) is 1.43 Å². The molecule has 0 aromatic carbocycles. The molecule has 0 saturated heterocycles. The van der Waals surface area contributed by atoms with E-state index >= 15 is 0 Å². The Balaban J connectivity index is 0. The SMILES string of the molecule is CCC[CH2][Sn].[H-]. The molecular weight excluding hydrogens is 167 g/mol. The van der Waals surface area contributed by atoms with Crippen molar-refractivity contribution in [3.63, 3.8) is 0 Å². The third-order valence-electron chi connectivity index (χ3n) is 0.530. The van der Waals surface area contributed by atoms with Gasteiger partial charge < -0.3 is 1.43 Å². The maximum absolute atomic E-state index is 2.23. The van der Waals surface area contributed by atoms with Gasteiger partial charge in [0.1, 0.15) is 0 Å². The van der Waals surface area contributed by atoms with Crippen molar-refractivity contribution in [1.82, 2.24) is 0 Å². The molecule has 3 radical (unpaired) electrons. The van der Waals surface area contributed by atoms with Gasteiger partial charge in [0.2, 0.25) is 0 Å². The Morgan fingerprint density at radius 3 is 2.40 bits per heavy atom. The van der Waals surface area contributed by atoms with Crippen LogP contribution >= 0.6 is 0 Å². The molecule has 0 rings (SSSR count). The van der Waals surface area contributed by atoms with Crippen molar-refractivity contribution in [2.75, 3.05) is 0 Å². The van der Waals surface area contributed by atoms with Crippen LogP contribution in [0.4, 0.5) is 0 Å². The standard InChI is InChI=1S/C4H9.Sn.H/c1-3-4-2;;/h1,3-4H2,2H3;;/q;;-1. The Morgan fingerprint density at radius 1 is 1.80 bits per heavy atom. The maximum Gasteiger partial charge on any atom is -1.00 e. The molecule has 0 nitrogen and oxygen atoms in total. The molecule has 1 heteroatoms. The summed E-state index contributed by atoms with van der Waals surface area (Å²) in [6, 6.07) is 0. The molecule has 0 aliphatic heterocycles. The fourth-order valence-electron chi connectivity index (χ4n) is 0.177. The van der Waals surface area contributed by atoms with Crippen LogP contribution in [0.1, 0.15) is 21.2 Å². The summed E-state index contributed by atoms with van der Waals surface area (Å²) in [6.45, 7) is 2.23. The van der Waals surface area contributed by atoms with Crippen LogP contribution in [0.25, 0.3) is 0 Å². The molecule has 31 valence electrons. The molecule has 0 atom stereocenters. The van der Waals surface area contributed by atoms with Crippen molar-refractivity contribution in [3.8, 4) is 0 Å². The summed E-state index contributed by atoms with van der Waals surface area (Å²) >= 11 is 1.68. The predicted octanol–water partition coefficient (Wildman–Crippen LogP) is 1.49. The molecule has 0 spiro atoms. The summed E-state index contributed by atoms with van der Waals surface area (Å²) in [7, 11) is 0. The number of unbranched alkanes of at least 4 members (excludes halogenated alkanes) is 1. The van der Waals surface area contributed by atoms with Crippen molar-refractivity contribution >= 4 is 22.5 Å². The van der Waals surface area contributed by atoms with Gasteiger partial charge in [0.05, 0.1) is 0 Å². The maximum atomic E-state index is 2.23. The zero-order valence-electron chi connectivity index (χ0n) is 4.62. The number of hydrogen-bond acceptors (Lipinski definition) is 0. The van der Waals surface area contributed by atoms with Gasteiger partial charge in [0.25, 0.3) is 0 Å². The monoisotopic (exact) mass is 178 g/mol. The number of hydrogen-bond donors (Lipinski definition) is 0. The van der Waals surface area contributed by atoms with Gasteiger partial charge in [0, 0.05) is 0 Å². The first kappa shape index (κ1) is 5.80. The van der Waals surface area contributed by atoms with Crippen LogP contribution in [-0.4, -0.2) is 22.5 Å². The second-order valence-electron chi connectivity index (χ2n) is 1.10. The first-order chi connectivity index (χ1) is 2.41. The van der Waals surface area contributed by atoms with Crippen LogP contribution in [-0.2, 0) is 0 Å². The van der Waals surface area contributed by atoms with E-state index in [0.717, 1.165) is 0 Å². The molecular formula is C4H10Sn-. The summed E-state index contributed by atoms with van der Waals surface area (Å²) in [4.78, 5) is 0.